The van der Waals surface area contributed by atoms with Gasteiger partial charge in [-0.2, -0.15) is 0 Å². The van der Waals surface area contributed by atoms with Crippen LogP contribution in [0, 0.1) is 19.8 Å². The largest absolute Gasteiger partial charge is 0.342 e. The first-order valence-corrected chi connectivity index (χ1v) is 7.81. The number of nitrogens with zero attached hydrogens (tertiary/aromatic N) is 1. The molecule has 0 spiro atoms. The first kappa shape index (κ1) is 17.0. The fourth-order valence-corrected chi connectivity index (χ4v) is 2.83. The summed E-state index contributed by atoms with van der Waals surface area (Å²) in [5, 5.41) is 0. The number of benzene rings is 1. The van der Waals surface area contributed by atoms with Gasteiger partial charge in [-0.15, -0.1) is 0 Å². The van der Waals surface area contributed by atoms with Gasteiger partial charge in [0.05, 0.1) is 5.92 Å². The molecule has 0 radical (unpaired) electrons. The van der Waals surface area contributed by atoms with Crippen LogP contribution in [0.2, 0.25) is 0 Å². The van der Waals surface area contributed by atoms with Gasteiger partial charge >= 0.3 is 0 Å². The quantitative estimate of drug-likeness (QED) is 0.808. The smallest absolute Gasteiger partial charge is 0.269 e. The molecule has 1 heterocycles. The van der Waals surface area contributed by atoms with Crippen LogP contribution in [-0.2, 0) is 9.59 Å². The Kier molecular flexibility index (Phi) is 5.36. The van der Waals surface area contributed by atoms with E-state index in [0.29, 0.717) is 18.7 Å². The monoisotopic (exact) mass is 317 g/mol. The lowest BCUT2D eigenvalue weighted by Crippen LogP contribution is -2.49. The molecule has 6 heteroatoms. The van der Waals surface area contributed by atoms with Crippen LogP contribution in [0.1, 0.15) is 41.3 Å². The Morgan fingerprint density at radius 3 is 2.57 bits per heavy atom. The molecule has 1 saturated heterocycles. The van der Waals surface area contributed by atoms with Gasteiger partial charge in [0.15, 0.2) is 0 Å². The van der Waals surface area contributed by atoms with Gasteiger partial charge in [0, 0.05) is 25.6 Å². The van der Waals surface area contributed by atoms with E-state index >= 15 is 0 Å². The lowest BCUT2D eigenvalue weighted by molar-refractivity contribution is -0.134. The minimum atomic E-state index is -0.338. The Hall–Kier alpha value is -2.37. The minimum Gasteiger partial charge on any atom is -0.342 e. The Bertz CT molecular complexity index is 628. The molecule has 1 atom stereocenters. The lowest BCUT2D eigenvalue weighted by Gasteiger charge is -2.31. The summed E-state index contributed by atoms with van der Waals surface area (Å²) >= 11 is 0. The first-order chi connectivity index (χ1) is 10.9. The molecule has 1 aromatic rings. The van der Waals surface area contributed by atoms with Crippen LogP contribution in [0.4, 0.5) is 0 Å². The maximum atomic E-state index is 12.2. The van der Waals surface area contributed by atoms with Crippen LogP contribution >= 0.6 is 0 Å². The van der Waals surface area contributed by atoms with E-state index in [-0.39, 0.29) is 23.6 Å². The van der Waals surface area contributed by atoms with Gasteiger partial charge in [-0.3, -0.25) is 25.2 Å². The SMILES string of the molecule is CC(=O)N1CCC[C@H](C(=O)NNC(=O)c2ccc(C)cc2C)C1. The average molecular weight is 317 g/mol. The second kappa shape index (κ2) is 7.26. The molecule has 23 heavy (non-hydrogen) atoms. The number of likely N-dealkylation sites (tertiary alicyclic amines) is 1. The summed E-state index contributed by atoms with van der Waals surface area (Å²) in [5.41, 5.74) is 7.40. The number of aryl methyl sites for hydroxylation is 2. The zero-order valence-electron chi connectivity index (χ0n) is 13.8. The molecule has 2 rings (SSSR count). The van der Waals surface area contributed by atoms with Gasteiger partial charge in [0.2, 0.25) is 11.8 Å². The molecule has 0 bridgehead atoms. The summed E-state index contributed by atoms with van der Waals surface area (Å²) in [6.45, 7) is 6.41. The predicted octanol–water partition coefficient (Wildman–Crippen LogP) is 1.32. The summed E-state index contributed by atoms with van der Waals surface area (Å²) < 4.78 is 0. The Morgan fingerprint density at radius 2 is 1.91 bits per heavy atom. The van der Waals surface area contributed by atoms with Crippen LogP contribution < -0.4 is 10.9 Å². The number of rotatable bonds is 2. The molecule has 0 aliphatic carbocycles. The highest BCUT2D eigenvalue weighted by atomic mass is 16.2. The van der Waals surface area contributed by atoms with Crippen molar-refractivity contribution in [1.29, 1.82) is 0 Å². The van der Waals surface area contributed by atoms with Crippen LogP contribution in [0.15, 0.2) is 18.2 Å². The van der Waals surface area contributed by atoms with E-state index in [1.807, 2.05) is 26.0 Å². The van der Waals surface area contributed by atoms with E-state index in [9.17, 15) is 14.4 Å². The third kappa shape index (κ3) is 4.31. The molecular weight excluding hydrogens is 294 g/mol. The van der Waals surface area contributed by atoms with Gasteiger partial charge < -0.3 is 4.90 Å². The van der Waals surface area contributed by atoms with Crippen molar-refractivity contribution in [3.05, 3.63) is 34.9 Å². The highest BCUT2D eigenvalue weighted by Crippen LogP contribution is 2.16. The highest BCUT2D eigenvalue weighted by Gasteiger charge is 2.27. The average Bonchev–Trinajstić information content (AvgIpc) is 2.52. The minimum absolute atomic E-state index is 0.0261. The van der Waals surface area contributed by atoms with Gasteiger partial charge in [-0.05, 0) is 38.3 Å². The van der Waals surface area contributed by atoms with E-state index in [2.05, 4.69) is 10.9 Å². The second-order valence-electron chi connectivity index (χ2n) is 6.07. The fourth-order valence-electron chi connectivity index (χ4n) is 2.83. The van der Waals surface area contributed by atoms with Gasteiger partial charge in [-0.1, -0.05) is 17.7 Å². The normalized spacial score (nSPS) is 17.5. The molecule has 2 N–H and O–H groups in total. The molecule has 3 amide bonds. The van der Waals surface area contributed by atoms with Crippen molar-refractivity contribution >= 4 is 17.7 Å². The zero-order valence-corrected chi connectivity index (χ0v) is 13.8. The number of piperidine rings is 1. The second-order valence-corrected chi connectivity index (χ2v) is 6.07. The van der Waals surface area contributed by atoms with E-state index in [1.165, 1.54) is 6.92 Å². The Labute approximate surface area is 136 Å². The van der Waals surface area contributed by atoms with Gasteiger partial charge in [0.25, 0.3) is 5.91 Å². The molecule has 6 nitrogen and oxygen atoms in total. The van der Waals surface area contributed by atoms with E-state index in [4.69, 9.17) is 0 Å². The van der Waals surface area contributed by atoms with Gasteiger partial charge in [0.1, 0.15) is 0 Å². The lowest BCUT2D eigenvalue weighted by atomic mass is 9.97. The first-order valence-electron chi connectivity index (χ1n) is 7.81. The molecule has 0 saturated carbocycles. The predicted molar refractivity (Wildman–Crippen MR) is 86.5 cm³/mol. The van der Waals surface area contributed by atoms with Crippen LogP contribution in [0.3, 0.4) is 0 Å². The number of hydrogen-bond acceptors (Lipinski definition) is 3. The van der Waals surface area contributed by atoms with E-state index in [0.717, 1.165) is 24.0 Å². The van der Waals surface area contributed by atoms with Crippen molar-refractivity contribution in [2.75, 3.05) is 13.1 Å². The van der Waals surface area contributed by atoms with Crippen molar-refractivity contribution in [3.63, 3.8) is 0 Å². The van der Waals surface area contributed by atoms with Crippen molar-refractivity contribution in [2.24, 2.45) is 5.92 Å². The number of amides is 3. The maximum absolute atomic E-state index is 12.2. The van der Waals surface area contributed by atoms with E-state index in [1.54, 1.807) is 11.0 Å². The third-order valence-electron chi connectivity index (χ3n) is 4.16. The number of carbonyl (C=O) groups is 3. The molecule has 0 aromatic heterocycles. The number of hydrogen-bond donors (Lipinski definition) is 2. The molecule has 1 aromatic carbocycles. The molecule has 124 valence electrons. The topological polar surface area (TPSA) is 78.5 Å². The number of nitrogens with one attached hydrogen (secondary N) is 2. The third-order valence-corrected chi connectivity index (χ3v) is 4.16. The number of carbonyl (C=O) groups excluding carboxylic acids is 3. The number of hydrazine groups is 1. The Balaban J connectivity index is 1.91. The van der Waals surface area contributed by atoms with Crippen LogP contribution in [-0.4, -0.2) is 35.7 Å². The van der Waals surface area contributed by atoms with Crippen molar-refractivity contribution in [1.82, 2.24) is 15.8 Å². The summed E-state index contributed by atoms with van der Waals surface area (Å²) in [6, 6.07) is 5.52. The molecule has 1 aliphatic rings. The van der Waals surface area contributed by atoms with Crippen molar-refractivity contribution in [3.8, 4) is 0 Å². The maximum Gasteiger partial charge on any atom is 0.269 e. The van der Waals surface area contributed by atoms with Gasteiger partial charge in [-0.25, -0.2) is 0 Å². The van der Waals surface area contributed by atoms with Crippen molar-refractivity contribution in [2.45, 2.75) is 33.6 Å². The highest BCUT2D eigenvalue weighted by molar-refractivity contribution is 5.96. The summed E-state index contributed by atoms with van der Waals surface area (Å²) in [7, 11) is 0. The summed E-state index contributed by atoms with van der Waals surface area (Å²) in [5.74, 6) is -0.905. The fraction of sp³-hybridized carbons (Fsp3) is 0.471. The van der Waals surface area contributed by atoms with E-state index < -0.39 is 0 Å². The standard InChI is InChI=1S/C17H23N3O3/c1-11-6-7-15(12(2)9-11)17(23)19-18-16(22)14-5-4-8-20(10-14)13(3)21/h6-7,9,14H,4-5,8,10H2,1-3H3,(H,18,22)(H,19,23)/t14-/m0/s1. The Morgan fingerprint density at radius 1 is 1.17 bits per heavy atom. The van der Waals surface area contributed by atoms with Crippen LogP contribution in [0.25, 0.3) is 0 Å². The molecule has 1 aliphatic heterocycles. The van der Waals surface area contributed by atoms with Crippen LogP contribution in [0.5, 0.6) is 0 Å². The zero-order chi connectivity index (χ0) is 17.0. The molecule has 1 fully saturated rings. The van der Waals surface area contributed by atoms with Crippen molar-refractivity contribution < 1.29 is 14.4 Å². The molecular formula is C17H23N3O3. The molecule has 0 unspecified atom stereocenters. The summed E-state index contributed by atoms with van der Waals surface area (Å²) in [4.78, 5) is 37.4. The summed E-state index contributed by atoms with van der Waals surface area (Å²) in [6.07, 6.45) is 1.51.